The molecule has 1 heterocycles. The fourth-order valence-electron chi connectivity index (χ4n) is 4.82. The molecule has 1 aliphatic carbocycles. The number of hydrogen-bond donors (Lipinski definition) is 2. The molecule has 2 N–H and O–H groups in total. The summed E-state index contributed by atoms with van der Waals surface area (Å²) < 4.78 is 5.58. The van der Waals surface area contributed by atoms with Gasteiger partial charge in [0.2, 0.25) is 0 Å². The fourth-order valence-corrected chi connectivity index (χ4v) is 4.82. The normalized spacial score (nSPS) is 15.5. The summed E-state index contributed by atoms with van der Waals surface area (Å²) in [5, 5.41) is 12.4. The predicted octanol–water partition coefficient (Wildman–Crippen LogP) is 4.50. The van der Waals surface area contributed by atoms with Crippen LogP contribution in [0.4, 0.5) is 16.2 Å². The number of nitrogens with zero attached hydrogens (tertiary/aromatic N) is 2. The predicted molar refractivity (Wildman–Crippen MR) is 132 cm³/mol. The van der Waals surface area contributed by atoms with Gasteiger partial charge < -0.3 is 19.6 Å². The lowest BCUT2D eigenvalue weighted by molar-refractivity contribution is 0.0698. The zero-order valence-electron chi connectivity index (χ0n) is 19.0. The highest BCUT2D eigenvalue weighted by atomic mass is 16.5. The quantitative estimate of drug-likeness (QED) is 0.587. The number of rotatable bonds is 5. The van der Waals surface area contributed by atoms with Gasteiger partial charge in [0.25, 0.3) is 0 Å². The Morgan fingerprint density at radius 3 is 2.18 bits per heavy atom. The molecule has 0 saturated carbocycles. The largest absolute Gasteiger partial charge is 0.478 e. The highest BCUT2D eigenvalue weighted by Gasteiger charge is 2.29. The first-order valence-corrected chi connectivity index (χ1v) is 11.4. The molecular weight excluding hydrogens is 430 g/mol. The third kappa shape index (κ3) is 4.22. The first kappa shape index (κ1) is 22.0. The minimum absolute atomic E-state index is 0.0462. The van der Waals surface area contributed by atoms with Crippen LogP contribution in [-0.2, 0) is 4.74 Å². The Hall–Kier alpha value is -3.84. The van der Waals surface area contributed by atoms with Crippen molar-refractivity contribution in [3.8, 4) is 11.1 Å². The van der Waals surface area contributed by atoms with E-state index in [0.29, 0.717) is 0 Å². The summed E-state index contributed by atoms with van der Waals surface area (Å²) >= 11 is 0. The Morgan fingerprint density at radius 2 is 1.56 bits per heavy atom. The minimum Gasteiger partial charge on any atom is -0.478 e. The van der Waals surface area contributed by atoms with Crippen molar-refractivity contribution in [2.24, 2.45) is 0 Å². The van der Waals surface area contributed by atoms with Gasteiger partial charge in [-0.05, 0) is 47.5 Å². The summed E-state index contributed by atoms with van der Waals surface area (Å²) in [4.78, 5) is 29.0. The van der Waals surface area contributed by atoms with Gasteiger partial charge in [-0.3, -0.25) is 5.32 Å². The molecule has 0 radical (unpaired) electrons. The molecule has 3 aromatic carbocycles. The van der Waals surface area contributed by atoms with Crippen molar-refractivity contribution in [2.45, 2.75) is 5.92 Å². The zero-order chi connectivity index (χ0) is 23.7. The molecule has 0 unspecified atom stereocenters. The Balaban J connectivity index is 1.29. The molecule has 0 spiro atoms. The Kier molecular flexibility index (Phi) is 5.94. The number of hydrogen-bond acceptors (Lipinski definition) is 5. The molecule has 1 amide bonds. The first-order valence-electron chi connectivity index (χ1n) is 11.4. The van der Waals surface area contributed by atoms with E-state index in [1.807, 2.05) is 30.3 Å². The van der Waals surface area contributed by atoms with Crippen LogP contribution in [0, 0.1) is 0 Å². The molecule has 7 heteroatoms. The lowest BCUT2D eigenvalue weighted by atomic mass is 9.98. The van der Waals surface area contributed by atoms with Gasteiger partial charge in [-0.25, -0.2) is 9.59 Å². The van der Waals surface area contributed by atoms with E-state index in [9.17, 15) is 14.7 Å². The number of benzene rings is 3. The van der Waals surface area contributed by atoms with Crippen molar-refractivity contribution in [2.75, 3.05) is 50.1 Å². The number of likely N-dealkylation sites (N-methyl/N-ethyl adjacent to an activating group) is 1. The van der Waals surface area contributed by atoms with Crippen molar-refractivity contribution in [1.29, 1.82) is 0 Å². The van der Waals surface area contributed by atoms with E-state index in [1.54, 1.807) is 12.1 Å². The van der Waals surface area contributed by atoms with E-state index in [-0.39, 0.29) is 23.8 Å². The van der Waals surface area contributed by atoms with Crippen molar-refractivity contribution in [3.63, 3.8) is 0 Å². The number of carboxylic acid groups (broad SMARTS) is 1. The number of anilines is 2. The molecule has 2 aliphatic rings. The van der Waals surface area contributed by atoms with E-state index in [4.69, 9.17) is 4.74 Å². The summed E-state index contributed by atoms with van der Waals surface area (Å²) in [6.07, 6.45) is -0.670. The van der Waals surface area contributed by atoms with Gasteiger partial charge in [0.05, 0.1) is 11.3 Å². The van der Waals surface area contributed by atoms with Crippen LogP contribution in [0.15, 0.2) is 66.7 Å². The Morgan fingerprint density at radius 1 is 0.941 bits per heavy atom. The van der Waals surface area contributed by atoms with Crippen LogP contribution in [0.25, 0.3) is 11.1 Å². The highest BCUT2D eigenvalue weighted by Crippen LogP contribution is 2.44. The van der Waals surface area contributed by atoms with Crippen LogP contribution in [0.1, 0.15) is 27.4 Å². The standard InChI is InChI=1S/C27H27N3O4/c1-29-12-14-30(15-13-29)18-10-11-25(23(16-18)26(31)32)28-27(33)34-17-24-21-8-4-2-6-19(21)20-7-3-5-9-22(20)24/h2-11,16,24H,12-15,17H2,1H3,(H,28,33)(H,31,32). The topological polar surface area (TPSA) is 82.1 Å². The number of ether oxygens (including phenoxy) is 1. The third-order valence-corrected chi connectivity index (χ3v) is 6.68. The number of fused-ring (bicyclic) bond motifs is 3. The molecule has 3 aromatic rings. The zero-order valence-corrected chi connectivity index (χ0v) is 19.0. The van der Waals surface area contributed by atoms with Gasteiger partial charge in [-0.1, -0.05) is 48.5 Å². The van der Waals surface area contributed by atoms with Crippen molar-refractivity contribution < 1.29 is 19.4 Å². The molecule has 0 bridgehead atoms. The summed E-state index contributed by atoms with van der Waals surface area (Å²) in [5.41, 5.74) is 5.66. The summed E-state index contributed by atoms with van der Waals surface area (Å²) in [6, 6.07) is 21.3. The molecule has 34 heavy (non-hydrogen) atoms. The average molecular weight is 458 g/mol. The average Bonchev–Trinajstić information content (AvgIpc) is 3.17. The lowest BCUT2D eigenvalue weighted by Gasteiger charge is -2.34. The van der Waals surface area contributed by atoms with Crippen molar-refractivity contribution in [3.05, 3.63) is 83.4 Å². The van der Waals surface area contributed by atoms with Crippen LogP contribution in [-0.4, -0.2) is 61.9 Å². The second-order valence-corrected chi connectivity index (χ2v) is 8.78. The van der Waals surface area contributed by atoms with Gasteiger partial charge in [-0.15, -0.1) is 0 Å². The monoisotopic (exact) mass is 457 g/mol. The molecule has 0 aromatic heterocycles. The number of aromatic carboxylic acids is 1. The van der Waals surface area contributed by atoms with E-state index in [2.05, 4.69) is 46.4 Å². The molecule has 7 nitrogen and oxygen atoms in total. The van der Waals surface area contributed by atoms with Crippen LogP contribution < -0.4 is 10.2 Å². The molecule has 0 atom stereocenters. The van der Waals surface area contributed by atoms with Crippen molar-refractivity contribution in [1.82, 2.24) is 4.90 Å². The third-order valence-electron chi connectivity index (χ3n) is 6.68. The molecule has 1 saturated heterocycles. The van der Waals surface area contributed by atoms with Gasteiger partial charge in [0.1, 0.15) is 6.61 Å². The van der Waals surface area contributed by atoms with Gasteiger partial charge in [0, 0.05) is 37.8 Å². The maximum Gasteiger partial charge on any atom is 0.411 e. The Labute approximate surface area is 198 Å². The number of amides is 1. The summed E-state index contributed by atoms with van der Waals surface area (Å²) in [6.45, 7) is 3.66. The summed E-state index contributed by atoms with van der Waals surface area (Å²) in [5.74, 6) is -1.15. The Bertz CT molecular complexity index is 1190. The SMILES string of the molecule is CN1CCN(c2ccc(NC(=O)OCC3c4ccccc4-c4ccccc43)c(C(=O)O)c2)CC1. The van der Waals surface area contributed by atoms with E-state index in [0.717, 1.165) is 54.1 Å². The molecule has 5 rings (SSSR count). The van der Waals surface area contributed by atoms with Crippen molar-refractivity contribution >= 4 is 23.4 Å². The highest BCUT2D eigenvalue weighted by molar-refractivity contribution is 5.99. The number of carbonyl (C=O) groups excluding carboxylic acids is 1. The van der Waals surface area contributed by atoms with Crippen LogP contribution >= 0.6 is 0 Å². The second kappa shape index (κ2) is 9.19. The van der Waals surface area contributed by atoms with Crippen LogP contribution in [0.5, 0.6) is 0 Å². The maximum absolute atomic E-state index is 12.6. The van der Waals surface area contributed by atoms with Crippen LogP contribution in [0.2, 0.25) is 0 Å². The molecular formula is C27H27N3O4. The molecule has 1 fully saturated rings. The second-order valence-electron chi connectivity index (χ2n) is 8.78. The number of carboxylic acids is 1. The smallest absolute Gasteiger partial charge is 0.411 e. The first-order chi connectivity index (χ1) is 16.5. The molecule has 1 aliphatic heterocycles. The minimum atomic E-state index is -1.09. The number of nitrogens with one attached hydrogen (secondary N) is 1. The number of carbonyl (C=O) groups is 2. The maximum atomic E-state index is 12.6. The fraction of sp³-hybridized carbons (Fsp3) is 0.259. The van der Waals surface area contributed by atoms with Crippen LogP contribution in [0.3, 0.4) is 0 Å². The lowest BCUT2D eigenvalue weighted by Crippen LogP contribution is -2.44. The van der Waals surface area contributed by atoms with E-state index >= 15 is 0 Å². The van der Waals surface area contributed by atoms with E-state index in [1.165, 1.54) is 0 Å². The molecule has 174 valence electrons. The van der Waals surface area contributed by atoms with Gasteiger partial charge in [0.15, 0.2) is 0 Å². The van der Waals surface area contributed by atoms with E-state index < -0.39 is 12.1 Å². The summed E-state index contributed by atoms with van der Waals surface area (Å²) in [7, 11) is 2.07. The number of piperazine rings is 1. The van der Waals surface area contributed by atoms with Gasteiger partial charge >= 0.3 is 12.1 Å². The van der Waals surface area contributed by atoms with Gasteiger partial charge in [-0.2, -0.15) is 0 Å².